The van der Waals surface area contributed by atoms with Crippen molar-refractivity contribution < 1.29 is 19.4 Å². The van der Waals surface area contributed by atoms with E-state index in [1.165, 1.54) is 0 Å². The topological polar surface area (TPSA) is 78.9 Å². The maximum atomic E-state index is 12.0. The van der Waals surface area contributed by atoms with E-state index in [-0.39, 0.29) is 31.1 Å². The van der Waals surface area contributed by atoms with Crippen molar-refractivity contribution in [1.29, 1.82) is 0 Å². The molecule has 2 fully saturated rings. The highest BCUT2D eigenvalue weighted by molar-refractivity contribution is 5.76. The van der Waals surface area contributed by atoms with Crippen LogP contribution in [0.1, 0.15) is 32.1 Å². The van der Waals surface area contributed by atoms with Gasteiger partial charge in [-0.1, -0.05) is 0 Å². The molecule has 2 aliphatic heterocycles. The average Bonchev–Trinajstić information content (AvgIpc) is 2.99. The van der Waals surface area contributed by atoms with E-state index in [2.05, 4.69) is 5.32 Å². The van der Waals surface area contributed by atoms with Crippen molar-refractivity contribution in [2.75, 3.05) is 19.7 Å². The van der Waals surface area contributed by atoms with E-state index in [4.69, 9.17) is 9.84 Å². The lowest BCUT2D eigenvalue weighted by molar-refractivity contribution is -0.136. The zero-order chi connectivity index (χ0) is 13.0. The van der Waals surface area contributed by atoms with Gasteiger partial charge in [-0.15, -0.1) is 0 Å². The monoisotopic (exact) mass is 256 g/mol. The normalized spacial score (nSPS) is 27.4. The van der Waals surface area contributed by atoms with Gasteiger partial charge in [0.05, 0.1) is 18.6 Å². The number of hydrogen-bond donors (Lipinski definition) is 2. The zero-order valence-corrected chi connectivity index (χ0v) is 10.4. The first-order chi connectivity index (χ1) is 8.68. The number of hydrogen-bond acceptors (Lipinski definition) is 3. The summed E-state index contributed by atoms with van der Waals surface area (Å²) >= 11 is 0. The first-order valence-corrected chi connectivity index (χ1v) is 6.56. The number of urea groups is 1. The average molecular weight is 256 g/mol. The molecule has 2 aliphatic rings. The van der Waals surface area contributed by atoms with Crippen molar-refractivity contribution in [3.05, 3.63) is 0 Å². The van der Waals surface area contributed by atoms with Crippen LogP contribution in [0.5, 0.6) is 0 Å². The predicted octanol–water partition coefficient (Wildman–Crippen LogP) is 0.814. The molecule has 6 heteroatoms. The van der Waals surface area contributed by atoms with E-state index in [1.54, 1.807) is 4.90 Å². The second-order valence-corrected chi connectivity index (χ2v) is 4.83. The zero-order valence-electron chi connectivity index (χ0n) is 10.4. The van der Waals surface area contributed by atoms with Gasteiger partial charge in [-0.2, -0.15) is 0 Å². The van der Waals surface area contributed by atoms with Gasteiger partial charge in [-0.25, -0.2) is 4.79 Å². The smallest absolute Gasteiger partial charge is 0.317 e. The van der Waals surface area contributed by atoms with Crippen LogP contribution >= 0.6 is 0 Å². The van der Waals surface area contributed by atoms with Gasteiger partial charge in [0.1, 0.15) is 0 Å². The van der Waals surface area contributed by atoms with E-state index in [1.807, 2.05) is 0 Å². The maximum Gasteiger partial charge on any atom is 0.317 e. The highest BCUT2D eigenvalue weighted by Crippen LogP contribution is 2.27. The summed E-state index contributed by atoms with van der Waals surface area (Å²) in [5.41, 5.74) is 0. The number of carboxylic acids is 1. The Labute approximate surface area is 106 Å². The van der Waals surface area contributed by atoms with E-state index < -0.39 is 5.97 Å². The van der Waals surface area contributed by atoms with E-state index in [0.29, 0.717) is 0 Å². The summed E-state index contributed by atoms with van der Waals surface area (Å²) < 4.78 is 5.64. The van der Waals surface area contributed by atoms with Crippen LogP contribution in [-0.4, -0.2) is 53.8 Å². The molecule has 18 heavy (non-hydrogen) atoms. The van der Waals surface area contributed by atoms with Crippen LogP contribution in [0.4, 0.5) is 4.79 Å². The third-order valence-electron chi connectivity index (χ3n) is 3.57. The molecule has 0 aromatic rings. The second kappa shape index (κ2) is 6.04. The standard InChI is InChI=1S/C12H20N2O4/c15-11(16)5-6-13-12(17)14-7-1-3-9(14)10-4-2-8-18-10/h9-10H,1-8H2,(H,13,17)(H,15,16). The lowest BCUT2D eigenvalue weighted by atomic mass is 10.1. The Morgan fingerprint density at radius 3 is 2.83 bits per heavy atom. The van der Waals surface area contributed by atoms with Gasteiger partial charge in [-0.05, 0) is 25.7 Å². The van der Waals surface area contributed by atoms with Gasteiger partial charge in [-0.3, -0.25) is 4.79 Å². The molecule has 0 bridgehead atoms. The van der Waals surface area contributed by atoms with E-state index >= 15 is 0 Å². The lowest BCUT2D eigenvalue weighted by Gasteiger charge is -2.28. The van der Waals surface area contributed by atoms with Crippen molar-refractivity contribution in [2.45, 2.75) is 44.2 Å². The Morgan fingerprint density at radius 1 is 1.33 bits per heavy atom. The van der Waals surface area contributed by atoms with Crippen LogP contribution < -0.4 is 5.32 Å². The molecule has 2 amide bonds. The Hall–Kier alpha value is -1.30. The fourth-order valence-corrected chi connectivity index (χ4v) is 2.72. The number of aliphatic carboxylic acids is 1. The summed E-state index contributed by atoms with van der Waals surface area (Å²) in [6, 6.07) is 0.00609. The highest BCUT2D eigenvalue weighted by atomic mass is 16.5. The Balaban J connectivity index is 1.82. The number of amides is 2. The van der Waals surface area contributed by atoms with Crippen LogP contribution in [0, 0.1) is 0 Å². The Kier molecular flexibility index (Phi) is 4.41. The molecule has 6 nitrogen and oxygen atoms in total. The van der Waals surface area contributed by atoms with Crippen molar-refractivity contribution in [1.82, 2.24) is 10.2 Å². The fourth-order valence-electron chi connectivity index (χ4n) is 2.72. The number of nitrogens with zero attached hydrogens (tertiary/aromatic N) is 1. The summed E-state index contributed by atoms with van der Waals surface area (Å²) in [4.78, 5) is 24.2. The lowest BCUT2D eigenvalue weighted by Crippen LogP contribution is -2.47. The first-order valence-electron chi connectivity index (χ1n) is 6.56. The van der Waals surface area contributed by atoms with Crippen LogP contribution in [0.25, 0.3) is 0 Å². The number of carboxylic acid groups (broad SMARTS) is 1. The molecule has 2 atom stereocenters. The minimum absolute atomic E-state index is 0.0375. The summed E-state index contributed by atoms with van der Waals surface area (Å²) in [6.07, 6.45) is 4.19. The van der Waals surface area contributed by atoms with Crippen LogP contribution in [0.3, 0.4) is 0 Å². The quantitative estimate of drug-likeness (QED) is 0.780. The van der Waals surface area contributed by atoms with Gasteiger partial charge in [0.2, 0.25) is 0 Å². The number of likely N-dealkylation sites (tertiary alicyclic amines) is 1. The SMILES string of the molecule is O=C(O)CCNC(=O)N1CCCC1C1CCCO1. The molecule has 0 aliphatic carbocycles. The number of ether oxygens (including phenoxy) is 1. The molecule has 2 unspecified atom stereocenters. The molecule has 2 rings (SSSR count). The van der Waals surface area contributed by atoms with Crippen molar-refractivity contribution in [3.8, 4) is 0 Å². The van der Waals surface area contributed by atoms with Gasteiger partial charge in [0.15, 0.2) is 0 Å². The molecule has 0 aromatic heterocycles. The third-order valence-corrected chi connectivity index (χ3v) is 3.57. The predicted molar refractivity (Wildman–Crippen MR) is 64.4 cm³/mol. The summed E-state index contributed by atoms with van der Waals surface area (Å²) in [6.45, 7) is 1.71. The fraction of sp³-hybridized carbons (Fsp3) is 0.833. The van der Waals surface area contributed by atoms with Crippen LogP contribution in [0.15, 0.2) is 0 Å². The molecule has 0 radical (unpaired) electrons. The van der Waals surface area contributed by atoms with E-state index in [9.17, 15) is 9.59 Å². The molecule has 0 aromatic carbocycles. The number of rotatable bonds is 4. The number of carbonyl (C=O) groups excluding carboxylic acids is 1. The number of nitrogens with one attached hydrogen (secondary N) is 1. The van der Waals surface area contributed by atoms with Gasteiger partial charge >= 0.3 is 12.0 Å². The molecule has 102 valence electrons. The van der Waals surface area contributed by atoms with Gasteiger partial charge in [0.25, 0.3) is 0 Å². The van der Waals surface area contributed by atoms with Gasteiger partial charge < -0.3 is 20.1 Å². The minimum atomic E-state index is -0.896. The largest absolute Gasteiger partial charge is 0.481 e. The first kappa shape index (κ1) is 13.1. The van der Waals surface area contributed by atoms with Gasteiger partial charge in [0, 0.05) is 19.7 Å². The van der Waals surface area contributed by atoms with Crippen LogP contribution in [-0.2, 0) is 9.53 Å². The maximum absolute atomic E-state index is 12.0. The summed E-state index contributed by atoms with van der Waals surface area (Å²) in [7, 11) is 0. The summed E-state index contributed by atoms with van der Waals surface area (Å²) in [5.74, 6) is -0.896. The third kappa shape index (κ3) is 3.13. The van der Waals surface area contributed by atoms with Crippen molar-refractivity contribution >= 4 is 12.0 Å². The molecule has 2 N–H and O–H groups in total. The van der Waals surface area contributed by atoms with Crippen molar-refractivity contribution in [3.63, 3.8) is 0 Å². The second-order valence-electron chi connectivity index (χ2n) is 4.83. The van der Waals surface area contributed by atoms with Crippen molar-refractivity contribution in [2.24, 2.45) is 0 Å². The Morgan fingerprint density at radius 2 is 2.17 bits per heavy atom. The molecule has 0 spiro atoms. The highest BCUT2D eigenvalue weighted by Gasteiger charge is 2.36. The molecule has 2 saturated heterocycles. The minimum Gasteiger partial charge on any atom is -0.481 e. The molecule has 0 saturated carbocycles. The molecular weight excluding hydrogens is 236 g/mol. The van der Waals surface area contributed by atoms with Crippen LogP contribution in [0.2, 0.25) is 0 Å². The molecule has 2 heterocycles. The number of carbonyl (C=O) groups is 2. The molecular formula is C12H20N2O4. The summed E-state index contributed by atoms with van der Waals surface area (Å²) in [5, 5.41) is 11.2. The Bertz CT molecular complexity index is 315. The van der Waals surface area contributed by atoms with E-state index in [0.717, 1.165) is 38.8 Å².